The molecular weight excluding hydrogens is 394 g/mol. The van der Waals surface area contributed by atoms with Crippen LogP contribution in [-0.2, 0) is 4.74 Å². The lowest BCUT2D eigenvalue weighted by atomic mass is 10.1. The number of nitrogens with one attached hydrogen (secondary N) is 1. The number of aromatic amines is 1. The molecule has 3 rings (SSSR count). The first-order chi connectivity index (χ1) is 13.9. The van der Waals surface area contributed by atoms with Crippen LogP contribution in [0.2, 0.25) is 0 Å². The van der Waals surface area contributed by atoms with Crippen LogP contribution < -0.4 is 4.74 Å². The van der Waals surface area contributed by atoms with Crippen molar-refractivity contribution in [2.75, 3.05) is 19.5 Å². The normalized spacial score (nSPS) is 10.8. The number of aromatic nitrogens is 3. The van der Waals surface area contributed by atoms with Gasteiger partial charge in [0.2, 0.25) is 5.89 Å². The number of nitrogens with zero attached hydrogens (tertiary/aromatic N) is 2. The highest BCUT2D eigenvalue weighted by atomic mass is 32.2. The molecule has 0 amide bonds. The van der Waals surface area contributed by atoms with Gasteiger partial charge in [0.1, 0.15) is 5.75 Å². The maximum atomic E-state index is 12.8. The third-order valence-corrected chi connectivity index (χ3v) is 5.02. The van der Waals surface area contributed by atoms with E-state index < -0.39 is 5.97 Å². The number of ether oxygens (including phenoxy) is 2. The molecule has 9 heteroatoms. The topological polar surface area (TPSA) is 107 Å². The summed E-state index contributed by atoms with van der Waals surface area (Å²) in [6.07, 6.45) is 0. The van der Waals surface area contributed by atoms with E-state index in [0.717, 1.165) is 23.1 Å². The number of H-pyrrole nitrogens is 1. The minimum atomic E-state index is -0.512. The number of rotatable bonds is 8. The summed E-state index contributed by atoms with van der Waals surface area (Å²) >= 11 is 1.12. The number of benzene rings is 1. The second kappa shape index (κ2) is 8.95. The number of carbonyl (C=O) groups is 2. The van der Waals surface area contributed by atoms with Gasteiger partial charge in [0.25, 0.3) is 5.22 Å². The van der Waals surface area contributed by atoms with Gasteiger partial charge in [-0.15, -0.1) is 10.2 Å². The summed E-state index contributed by atoms with van der Waals surface area (Å²) in [7, 11) is 1.59. The van der Waals surface area contributed by atoms with Gasteiger partial charge in [-0.25, -0.2) is 4.79 Å². The molecule has 0 saturated heterocycles. The fourth-order valence-corrected chi connectivity index (χ4v) is 3.54. The molecule has 0 atom stereocenters. The van der Waals surface area contributed by atoms with Crippen molar-refractivity contribution >= 4 is 23.5 Å². The maximum absolute atomic E-state index is 12.8. The summed E-state index contributed by atoms with van der Waals surface area (Å²) in [4.78, 5) is 28.0. The molecule has 0 aliphatic carbocycles. The van der Waals surface area contributed by atoms with Crippen molar-refractivity contribution < 1.29 is 23.5 Å². The first-order valence-corrected chi connectivity index (χ1v) is 9.93. The van der Waals surface area contributed by atoms with Gasteiger partial charge in [-0.05, 0) is 45.0 Å². The molecule has 0 saturated carbocycles. The summed E-state index contributed by atoms with van der Waals surface area (Å²) < 4.78 is 15.8. The number of methoxy groups -OCH3 is 1. The molecule has 152 valence electrons. The molecule has 0 aliphatic rings. The molecule has 0 spiro atoms. The zero-order chi connectivity index (χ0) is 21.0. The van der Waals surface area contributed by atoms with Crippen LogP contribution in [0.25, 0.3) is 11.5 Å². The Hall–Kier alpha value is -3.07. The molecular formula is C20H21N3O5S. The minimum absolute atomic E-state index is 0.0504. The number of esters is 1. The van der Waals surface area contributed by atoms with Gasteiger partial charge in [-0.2, -0.15) is 0 Å². The Bertz CT molecular complexity index is 1020. The largest absolute Gasteiger partial charge is 0.497 e. The van der Waals surface area contributed by atoms with Crippen LogP contribution in [0.15, 0.2) is 33.9 Å². The SMILES string of the molecule is CCOC(=O)c1c(C)[nH]c(C)c1C(=O)CSc1nnc(-c2ccc(OC)cc2)o1. The molecule has 29 heavy (non-hydrogen) atoms. The zero-order valence-electron chi connectivity index (χ0n) is 16.6. The first kappa shape index (κ1) is 20.7. The number of hydrogen-bond acceptors (Lipinski definition) is 8. The maximum Gasteiger partial charge on any atom is 0.340 e. The predicted octanol–water partition coefficient (Wildman–Crippen LogP) is 3.84. The van der Waals surface area contributed by atoms with Gasteiger partial charge in [0.05, 0.1) is 30.6 Å². The third-order valence-electron chi connectivity index (χ3n) is 4.20. The van der Waals surface area contributed by atoms with E-state index in [-0.39, 0.29) is 28.9 Å². The van der Waals surface area contributed by atoms with Crippen LogP contribution >= 0.6 is 11.8 Å². The molecule has 0 bridgehead atoms. The molecule has 0 fully saturated rings. The Labute approximate surface area is 172 Å². The average Bonchev–Trinajstić information content (AvgIpc) is 3.30. The van der Waals surface area contributed by atoms with E-state index in [0.29, 0.717) is 22.8 Å². The monoisotopic (exact) mass is 415 g/mol. The standard InChI is InChI=1S/C20H21N3O5S/c1-5-27-19(25)17-12(3)21-11(2)16(17)15(24)10-29-20-23-22-18(28-20)13-6-8-14(26-4)9-7-13/h6-9,21H,5,10H2,1-4H3. The molecule has 8 nitrogen and oxygen atoms in total. The van der Waals surface area contributed by atoms with Crippen LogP contribution in [0.5, 0.6) is 5.75 Å². The third kappa shape index (κ3) is 4.51. The summed E-state index contributed by atoms with van der Waals surface area (Å²) in [5.41, 5.74) is 2.59. The second-order valence-corrected chi connectivity index (χ2v) is 7.09. The highest BCUT2D eigenvalue weighted by Gasteiger charge is 2.25. The lowest BCUT2D eigenvalue weighted by Gasteiger charge is -2.05. The number of carbonyl (C=O) groups excluding carboxylic acids is 2. The molecule has 0 aliphatic heterocycles. The lowest BCUT2D eigenvalue weighted by molar-refractivity contribution is 0.0522. The van der Waals surface area contributed by atoms with Crippen molar-refractivity contribution in [3.8, 4) is 17.2 Å². The Morgan fingerprint density at radius 2 is 1.79 bits per heavy atom. The van der Waals surface area contributed by atoms with E-state index >= 15 is 0 Å². The fourth-order valence-electron chi connectivity index (χ4n) is 2.91. The van der Waals surface area contributed by atoms with Gasteiger partial charge in [-0.3, -0.25) is 4.79 Å². The van der Waals surface area contributed by atoms with Gasteiger partial charge in [0, 0.05) is 17.0 Å². The zero-order valence-corrected chi connectivity index (χ0v) is 17.4. The fraction of sp³-hybridized carbons (Fsp3) is 0.300. The molecule has 0 unspecified atom stereocenters. The van der Waals surface area contributed by atoms with Crippen LogP contribution in [0.4, 0.5) is 0 Å². The van der Waals surface area contributed by atoms with Gasteiger partial charge in [-0.1, -0.05) is 11.8 Å². The van der Waals surface area contributed by atoms with E-state index in [1.54, 1.807) is 40.0 Å². The van der Waals surface area contributed by atoms with Crippen molar-refractivity contribution in [2.45, 2.75) is 26.0 Å². The van der Waals surface area contributed by atoms with E-state index in [9.17, 15) is 9.59 Å². The number of Topliss-reactive ketones (excluding diaryl/α,β-unsaturated/α-hetero) is 1. The second-order valence-electron chi connectivity index (χ2n) is 6.16. The summed E-state index contributed by atoms with van der Waals surface area (Å²) in [5.74, 6) is 0.396. The average molecular weight is 415 g/mol. The molecule has 2 heterocycles. The molecule has 0 radical (unpaired) electrons. The van der Waals surface area contributed by atoms with Gasteiger partial charge in [0.15, 0.2) is 5.78 Å². The summed E-state index contributed by atoms with van der Waals surface area (Å²) in [5, 5.41) is 8.26. The molecule has 1 aromatic carbocycles. The first-order valence-electron chi connectivity index (χ1n) is 8.94. The van der Waals surface area contributed by atoms with Crippen LogP contribution in [0, 0.1) is 13.8 Å². The van der Waals surface area contributed by atoms with Crippen LogP contribution in [0.3, 0.4) is 0 Å². The van der Waals surface area contributed by atoms with Crippen molar-refractivity contribution in [1.29, 1.82) is 0 Å². The Morgan fingerprint density at radius 3 is 2.45 bits per heavy atom. The van der Waals surface area contributed by atoms with Crippen molar-refractivity contribution in [2.24, 2.45) is 0 Å². The van der Waals surface area contributed by atoms with Gasteiger partial charge >= 0.3 is 5.97 Å². The number of thioether (sulfide) groups is 1. The van der Waals surface area contributed by atoms with E-state index in [1.807, 2.05) is 12.1 Å². The minimum Gasteiger partial charge on any atom is -0.497 e. The number of aryl methyl sites for hydroxylation is 2. The summed E-state index contributed by atoms with van der Waals surface area (Å²) in [6.45, 7) is 5.45. The Kier molecular flexibility index (Phi) is 6.38. The van der Waals surface area contributed by atoms with E-state index in [2.05, 4.69) is 15.2 Å². The predicted molar refractivity (Wildman–Crippen MR) is 108 cm³/mol. The number of ketones is 1. The van der Waals surface area contributed by atoms with Crippen molar-refractivity contribution in [1.82, 2.24) is 15.2 Å². The Morgan fingerprint density at radius 1 is 1.10 bits per heavy atom. The summed E-state index contributed by atoms with van der Waals surface area (Å²) in [6, 6.07) is 7.21. The molecule has 2 aromatic heterocycles. The van der Waals surface area contributed by atoms with Crippen molar-refractivity contribution in [3.63, 3.8) is 0 Å². The van der Waals surface area contributed by atoms with Crippen LogP contribution in [-0.4, -0.2) is 46.4 Å². The van der Waals surface area contributed by atoms with Crippen molar-refractivity contribution in [3.05, 3.63) is 46.8 Å². The smallest absolute Gasteiger partial charge is 0.340 e. The highest BCUT2D eigenvalue weighted by molar-refractivity contribution is 7.99. The Balaban J connectivity index is 1.72. The van der Waals surface area contributed by atoms with E-state index in [1.165, 1.54) is 0 Å². The highest BCUT2D eigenvalue weighted by Crippen LogP contribution is 2.27. The lowest BCUT2D eigenvalue weighted by Crippen LogP contribution is -2.13. The van der Waals surface area contributed by atoms with Crippen LogP contribution in [0.1, 0.15) is 39.0 Å². The molecule has 3 aromatic rings. The van der Waals surface area contributed by atoms with Gasteiger partial charge < -0.3 is 18.9 Å². The quantitative estimate of drug-likeness (QED) is 0.336. The number of hydrogen-bond donors (Lipinski definition) is 1. The molecule has 1 N–H and O–H groups in total. The van der Waals surface area contributed by atoms with E-state index in [4.69, 9.17) is 13.9 Å².